The van der Waals surface area contributed by atoms with Crippen LogP contribution in [0.5, 0.6) is 0 Å². The molecule has 0 spiro atoms. The molecule has 3 heteroatoms. The van der Waals surface area contributed by atoms with Crippen molar-refractivity contribution < 1.29 is 4.79 Å². The van der Waals surface area contributed by atoms with Crippen molar-refractivity contribution in [2.24, 2.45) is 0 Å². The highest BCUT2D eigenvalue weighted by molar-refractivity contribution is 5.84. The van der Waals surface area contributed by atoms with E-state index in [0.29, 0.717) is 5.78 Å². The van der Waals surface area contributed by atoms with E-state index in [1.807, 2.05) is 6.08 Å². The number of hydrogen-bond acceptors (Lipinski definition) is 3. The zero-order valence-corrected chi connectivity index (χ0v) is 12.0. The SMILES string of the molecule is C=CCCCCCC(=O)C1CN(C)CCCN1C. The van der Waals surface area contributed by atoms with Crippen LogP contribution >= 0.6 is 0 Å². The summed E-state index contributed by atoms with van der Waals surface area (Å²) in [5, 5.41) is 0. The predicted octanol–water partition coefficient (Wildman–Crippen LogP) is 2.33. The van der Waals surface area contributed by atoms with Gasteiger partial charge in [-0.15, -0.1) is 6.58 Å². The predicted molar refractivity (Wildman–Crippen MR) is 76.8 cm³/mol. The molecule has 1 aliphatic rings. The summed E-state index contributed by atoms with van der Waals surface area (Å²) in [4.78, 5) is 16.8. The maximum Gasteiger partial charge on any atom is 0.151 e. The van der Waals surface area contributed by atoms with Gasteiger partial charge in [-0.05, 0) is 52.9 Å². The zero-order valence-electron chi connectivity index (χ0n) is 12.0. The van der Waals surface area contributed by atoms with Crippen LogP contribution in [0.15, 0.2) is 12.7 Å². The second kappa shape index (κ2) is 8.44. The maximum absolute atomic E-state index is 12.3. The van der Waals surface area contributed by atoms with Gasteiger partial charge in [-0.2, -0.15) is 0 Å². The molecule has 1 atom stereocenters. The van der Waals surface area contributed by atoms with Crippen LogP contribution in [0.3, 0.4) is 0 Å². The first-order valence-corrected chi connectivity index (χ1v) is 7.17. The molecule has 1 saturated heterocycles. The molecule has 1 rings (SSSR count). The Hall–Kier alpha value is -0.670. The van der Waals surface area contributed by atoms with Gasteiger partial charge in [0.1, 0.15) is 0 Å². The number of hydrogen-bond donors (Lipinski definition) is 0. The van der Waals surface area contributed by atoms with Gasteiger partial charge in [-0.1, -0.05) is 12.5 Å². The lowest BCUT2D eigenvalue weighted by Gasteiger charge is -2.26. The maximum atomic E-state index is 12.3. The first-order chi connectivity index (χ1) is 8.65. The van der Waals surface area contributed by atoms with Gasteiger partial charge in [-0.25, -0.2) is 0 Å². The van der Waals surface area contributed by atoms with Crippen LogP contribution in [0.2, 0.25) is 0 Å². The number of unbranched alkanes of at least 4 members (excludes halogenated alkanes) is 3. The van der Waals surface area contributed by atoms with Gasteiger partial charge in [0.05, 0.1) is 6.04 Å². The fraction of sp³-hybridized carbons (Fsp3) is 0.800. The van der Waals surface area contributed by atoms with E-state index in [2.05, 4.69) is 30.5 Å². The zero-order chi connectivity index (χ0) is 13.4. The van der Waals surface area contributed by atoms with Gasteiger partial charge in [0.2, 0.25) is 0 Å². The van der Waals surface area contributed by atoms with Gasteiger partial charge < -0.3 is 4.90 Å². The monoisotopic (exact) mass is 252 g/mol. The summed E-state index contributed by atoms with van der Waals surface area (Å²) in [5.74, 6) is 0.421. The molecule has 18 heavy (non-hydrogen) atoms. The average Bonchev–Trinajstić information content (AvgIpc) is 2.51. The third-order valence-electron chi connectivity index (χ3n) is 3.77. The molecule has 0 aromatic carbocycles. The van der Waals surface area contributed by atoms with Crippen LogP contribution in [0.4, 0.5) is 0 Å². The minimum absolute atomic E-state index is 0.108. The molecule has 1 heterocycles. The van der Waals surface area contributed by atoms with Crippen molar-refractivity contribution in [2.75, 3.05) is 33.7 Å². The summed E-state index contributed by atoms with van der Waals surface area (Å²) in [6.07, 6.45) is 8.26. The number of nitrogens with zero attached hydrogens (tertiary/aromatic N) is 2. The molecule has 0 saturated carbocycles. The average molecular weight is 252 g/mol. The van der Waals surface area contributed by atoms with Crippen molar-refractivity contribution >= 4 is 5.78 Å². The first kappa shape index (κ1) is 15.4. The van der Waals surface area contributed by atoms with Crippen molar-refractivity contribution in [2.45, 2.75) is 44.6 Å². The van der Waals surface area contributed by atoms with E-state index in [-0.39, 0.29) is 6.04 Å². The van der Waals surface area contributed by atoms with E-state index in [9.17, 15) is 4.79 Å². The van der Waals surface area contributed by atoms with Crippen LogP contribution in [0.25, 0.3) is 0 Å². The number of carbonyl (C=O) groups excluding carboxylic acids is 1. The molecule has 0 bridgehead atoms. The molecular weight excluding hydrogens is 224 g/mol. The molecule has 104 valence electrons. The van der Waals surface area contributed by atoms with E-state index in [4.69, 9.17) is 0 Å². The molecule has 0 amide bonds. The van der Waals surface area contributed by atoms with Crippen molar-refractivity contribution in [3.63, 3.8) is 0 Å². The van der Waals surface area contributed by atoms with Crippen molar-refractivity contribution in [1.29, 1.82) is 0 Å². The molecule has 1 aliphatic heterocycles. The van der Waals surface area contributed by atoms with E-state index in [1.54, 1.807) is 0 Å². The Morgan fingerprint density at radius 1 is 1.28 bits per heavy atom. The van der Waals surface area contributed by atoms with E-state index in [0.717, 1.165) is 58.2 Å². The Labute approximate surface area is 112 Å². The quantitative estimate of drug-likeness (QED) is 0.513. The van der Waals surface area contributed by atoms with E-state index in [1.165, 1.54) is 0 Å². The second-order valence-electron chi connectivity index (χ2n) is 5.47. The standard InChI is InChI=1S/C15H28N2O/c1-4-5-6-7-8-10-15(18)14-13-16(2)11-9-12-17(14)3/h4,14H,1,5-13H2,2-3H3. The lowest BCUT2D eigenvalue weighted by Crippen LogP contribution is -2.43. The number of ketones is 1. The Morgan fingerprint density at radius 3 is 2.78 bits per heavy atom. The minimum atomic E-state index is 0.108. The fourth-order valence-corrected chi connectivity index (χ4v) is 2.55. The minimum Gasteiger partial charge on any atom is -0.304 e. The number of rotatable bonds is 7. The number of carbonyl (C=O) groups is 1. The third kappa shape index (κ3) is 5.32. The highest BCUT2D eigenvalue weighted by Gasteiger charge is 2.25. The number of likely N-dealkylation sites (N-methyl/N-ethyl adjacent to an activating group) is 2. The summed E-state index contributed by atoms with van der Waals surface area (Å²) >= 11 is 0. The van der Waals surface area contributed by atoms with Crippen LogP contribution < -0.4 is 0 Å². The number of allylic oxidation sites excluding steroid dienone is 1. The largest absolute Gasteiger partial charge is 0.304 e. The topological polar surface area (TPSA) is 23.6 Å². The second-order valence-corrected chi connectivity index (χ2v) is 5.47. The lowest BCUT2D eigenvalue weighted by atomic mass is 10.0. The van der Waals surface area contributed by atoms with Crippen LogP contribution in [-0.4, -0.2) is 55.4 Å². The van der Waals surface area contributed by atoms with Crippen molar-refractivity contribution in [3.05, 3.63) is 12.7 Å². The summed E-state index contributed by atoms with van der Waals surface area (Å²) < 4.78 is 0. The molecule has 0 N–H and O–H groups in total. The molecule has 3 nitrogen and oxygen atoms in total. The van der Waals surface area contributed by atoms with Crippen molar-refractivity contribution in [1.82, 2.24) is 9.80 Å². The molecular formula is C15H28N2O. The van der Waals surface area contributed by atoms with Gasteiger partial charge in [0, 0.05) is 13.0 Å². The molecule has 0 radical (unpaired) electrons. The summed E-state index contributed by atoms with van der Waals surface area (Å²) in [5.41, 5.74) is 0. The van der Waals surface area contributed by atoms with Gasteiger partial charge in [0.15, 0.2) is 5.78 Å². The summed E-state index contributed by atoms with van der Waals surface area (Å²) in [6.45, 7) is 6.75. The molecule has 1 unspecified atom stereocenters. The number of Topliss-reactive ketones (excluding diaryl/α,β-unsaturated/α-hetero) is 1. The summed E-state index contributed by atoms with van der Waals surface area (Å²) in [7, 11) is 4.20. The fourth-order valence-electron chi connectivity index (χ4n) is 2.55. The normalized spacial score (nSPS) is 22.7. The highest BCUT2D eigenvalue weighted by atomic mass is 16.1. The molecule has 1 fully saturated rings. The van der Waals surface area contributed by atoms with Crippen LogP contribution in [-0.2, 0) is 4.79 Å². The highest BCUT2D eigenvalue weighted by Crippen LogP contribution is 2.12. The molecule has 0 aromatic heterocycles. The third-order valence-corrected chi connectivity index (χ3v) is 3.77. The smallest absolute Gasteiger partial charge is 0.151 e. The Balaban J connectivity index is 2.31. The summed E-state index contributed by atoms with van der Waals surface area (Å²) in [6, 6.07) is 0.108. The molecule has 0 aliphatic carbocycles. The van der Waals surface area contributed by atoms with Crippen LogP contribution in [0, 0.1) is 0 Å². The van der Waals surface area contributed by atoms with E-state index >= 15 is 0 Å². The van der Waals surface area contributed by atoms with Crippen molar-refractivity contribution in [3.8, 4) is 0 Å². The lowest BCUT2D eigenvalue weighted by molar-refractivity contribution is -0.124. The Morgan fingerprint density at radius 2 is 2.06 bits per heavy atom. The Kier molecular flexibility index (Phi) is 7.21. The van der Waals surface area contributed by atoms with Gasteiger partial charge in [0.25, 0.3) is 0 Å². The molecule has 0 aromatic rings. The van der Waals surface area contributed by atoms with Gasteiger partial charge in [-0.3, -0.25) is 9.69 Å². The Bertz CT molecular complexity index is 265. The first-order valence-electron chi connectivity index (χ1n) is 7.17. The van der Waals surface area contributed by atoms with Crippen LogP contribution in [0.1, 0.15) is 38.5 Å². The van der Waals surface area contributed by atoms with Gasteiger partial charge >= 0.3 is 0 Å². The van der Waals surface area contributed by atoms with E-state index < -0.39 is 0 Å².